The lowest BCUT2D eigenvalue weighted by molar-refractivity contribution is -0.134. The predicted octanol–water partition coefficient (Wildman–Crippen LogP) is 2.60. The fourth-order valence-electron chi connectivity index (χ4n) is 6.70. The first-order valence-electron chi connectivity index (χ1n) is 13.0. The van der Waals surface area contributed by atoms with E-state index >= 15 is 0 Å². The van der Waals surface area contributed by atoms with Crippen LogP contribution in [-0.2, 0) is 37.9 Å². The van der Waals surface area contributed by atoms with Crippen molar-refractivity contribution in [3.05, 3.63) is 46.0 Å². The van der Waals surface area contributed by atoms with Gasteiger partial charge in [0.05, 0.1) is 20.5 Å². The van der Waals surface area contributed by atoms with Gasteiger partial charge in [0.1, 0.15) is 32.7 Å². The molecular formula is C26H30N4O8S3. The molecule has 4 aliphatic rings. The highest BCUT2D eigenvalue weighted by Gasteiger charge is 2.57. The maximum absolute atomic E-state index is 14.2. The Morgan fingerprint density at radius 3 is 2.66 bits per heavy atom. The fourth-order valence-corrected chi connectivity index (χ4v) is 9.73. The van der Waals surface area contributed by atoms with Crippen LogP contribution in [0.1, 0.15) is 30.4 Å². The number of benzene rings is 1. The van der Waals surface area contributed by atoms with Gasteiger partial charge in [-0.3, -0.25) is 4.79 Å². The second-order valence-electron chi connectivity index (χ2n) is 10.8. The van der Waals surface area contributed by atoms with Crippen molar-refractivity contribution < 1.29 is 36.2 Å². The van der Waals surface area contributed by atoms with Crippen LogP contribution in [0.15, 0.2) is 44.2 Å². The Morgan fingerprint density at radius 2 is 1.95 bits per heavy atom. The Labute approximate surface area is 242 Å². The molecule has 2 saturated carbocycles. The van der Waals surface area contributed by atoms with Gasteiger partial charge < -0.3 is 24.8 Å². The molecular weight excluding hydrogens is 593 g/mol. The Balaban J connectivity index is 1.39. The van der Waals surface area contributed by atoms with Gasteiger partial charge in [0.15, 0.2) is 5.84 Å². The van der Waals surface area contributed by atoms with Gasteiger partial charge >= 0.3 is 0 Å². The number of ether oxygens (including phenoxy) is 2. The van der Waals surface area contributed by atoms with Crippen LogP contribution < -0.4 is 19.5 Å². The normalized spacial score (nSPS) is 26.4. The molecule has 2 aliphatic carbocycles. The summed E-state index contributed by atoms with van der Waals surface area (Å²) < 4.78 is 67.0. The number of amides is 1. The van der Waals surface area contributed by atoms with Crippen molar-refractivity contribution in [1.29, 1.82) is 0 Å². The molecule has 220 valence electrons. The predicted molar refractivity (Wildman–Crippen MR) is 152 cm³/mol. The lowest BCUT2D eigenvalue weighted by atomic mass is 9.77. The number of rotatable bonds is 8. The summed E-state index contributed by atoms with van der Waals surface area (Å²) in [5, 5.41) is 16.2. The van der Waals surface area contributed by atoms with E-state index in [1.54, 1.807) is 24.1 Å². The average Bonchev–Trinajstić information content (AvgIpc) is 3.64. The number of amidine groups is 1. The molecule has 12 nitrogen and oxygen atoms in total. The highest BCUT2D eigenvalue weighted by molar-refractivity contribution is 7.91. The molecule has 3 N–H and O–H groups in total. The van der Waals surface area contributed by atoms with Crippen molar-refractivity contribution in [2.45, 2.75) is 43.3 Å². The zero-order valence-corrected chi connectivity index (χ0v) is 25.0. The van der Waals surface area contributed by atoms with Crippen LogP contribution >= 0.6 is 11.3 Å². The summed E-state index contributed by atoms with van der Waals surface area (Å²) in [7, 11) is -4.79. The van der Waals surface area contributed by atoms with Crippen molar-refractivity contribution in [2.75, 3.05) is 25.8 Å². The molecule has 0 saturated heterocycles. The monoisotopic (exact) mass is 622 g/mol. The number of nitrogens with one attached hydrogen (secondary N) is 2. The smallest absolute Gasteiger partial charge is 0.287 e. The van der Waals surface area contributed by atoms with Crippen molar-refractivity contribution in [3.63, 3.8) is 0 Å². The van der Waals surface area contributed by atoms with Gasteiger partial charge in [0, 0.05) is 42.2 Å². The van der Waals surface area contributed by atoms with Crippen LogP contribution in [0.4, 0.5) is 5.00 Å². The molecule has 2 unspecified atom stereocenters. The molecule has 4 atom stereocenters. The largest absolute Gasteiger partial charge is 0.511 e. The van der Waals surface area contributed by atoms with E-state index < -0.39 is 26.0 Å². The number of hydrogen-bond acceptors (Lipinski definition) is 10. The number of nitrogens with zero attached hydrogens (tertiary/aromatic N) is 2. The van der Waals surface area contributed by atoms with E-state index in [0.717, 1.165) is 42.4 Å². The Morgan fingerprint density at radius 1 is 1.20 bits per heavy atom. The van der Waals surface area contributed by atoms with Gasteiger partial charge in [0.25, 0.3) is 15.9 Å². The number of aliphatic hydroxyl groups excluding tert-OH is 1. The molecule has 6 rings (SSSR count). The molecule has 1 aromatic heterocycles. The molecule has 2 fully saturated rings. The highest BCUT2D eigenvalue weighted by atomic mass is 32.2. The molecule has 2 aromatic rings. The molecule has 2 aliphatic heterocycles. The number of aliphatic hydroxyl groups is 1. The molecule has 1 amide bonds. The van der Waals surface area contributed by atoms with E-state index in [1.165, 1.54) is 12.5 Å². The minimum absolute atomic E-state index is 0.134. The third-order valence-electron chi connectivity index (χ3n) is 8.39. The number of hydrogen-bond donors (Lipinski definition) is 3. The zero-order valence-electron chi connectivity index (χ0n) is 22.6. The number of carbonyl (C=O) groups is 1. The van der Waals surface area contributed by atoms with Gasteiger partial charge in [-0.1, -0.05) is 0 Å². The summed E-state index contributed by atoms with van der Waals surface area (Å²) in [6.45, 7) is -0.0354. The van der Waals surface area contributed by atoms with Gasteiger partial charge in [-0.15, -0.1) is 15.7 Å². The molecule has 0 spiro atoms. The first-order valence-corrected chi connectivity index (χ1v) is 17.2. The Bertz CT molecular complexity index is 1710. The molecule has 2 bridgehead atoms. The van der Waals surface area contributed by atoms with Crippen LogP contribution in [-0.4, -0.2) is 65.1 Å². The summed E-state index contributed by atoms with van der Waals surface area (Å²) in [5.74, 6) is 0.317. The summed E-state index contributed by atoms with van der Waals surface area (Å²) in [4.78, 5) is 15.7. The lowest BCUT2D eigenvalue weighted by Crippen LogP contribution is -2.53. The standard InChI is InChI=1S/C26H30N4O8S3/c1-37-17-7-6-15(18(9-17)38-2)11-30-21-14-5-4-13(8-14)19(21)22(31)20(26(30)32)24-28-25-23(41(35,36)29-24)16(12-39-25)10-27-40(3,33)34/h6-7,9,12-14,19,21,27,31H,4-5,8,10-11H2,1-3H3,(H,28,29)/t13-,14+,19?,21?/m1/s1. The number of fused-ring (bicyclic) bond motifs is 6. The van der Waals surface area contributed by atoms with Crippen molar-refractivity contribution in [1.82, 2.24) is 9.62 Å². The number of carbonyl (C=O) groups excluding carboxylic acids is 1. The summed E-state index contributed by atoms with van der Waals surface area (Å²) >= 11 is 1.05. The average molecular weight is 623 g/mol. The van der Waals surface area contributed by atoms with E-state index in [4.69, 9.17) is 9.47 Å². The molecule has 0 radical (unpaired) electrons. The first-order chi connectivity index (χ1) is 19.4. The second-order valence-corrected chi connectivity index (χ2v) is 15.0. The summed E-state index contributed by atoms with van der Waals surface area (Å²) in [6.07, 6.45) is 3.73. The number of sulfonamides is 2. The fraction of sp³-hybridized carbons (Fsp3) is 0.462. The lowest BCUT2D eigenvalue weighted by Gasteiger charge is -2.44. The van der Waals surface area contributed by atoms with Crippen LogP contribution in [0.3, 0.4) is 0 Å². The number of thiophene rings is 1. The van der Waals surface area contributed by atoms with Crippen LogP contribution in [0.25, 0.3) is 0 Å². The SMILES string of the molecule is COc1ccc(CN2C(=O)C(C3=NS(=O)(=O)c4c(CNS(C)(=O)=O)csc4N3)=C(O)C3C2[C@H]2CC[C@@H]3C2)c(OC)c1. The first kappa shape index (κ1) is 28.0. The third-order valence-corrected chi connectivity index (χ3v) is 11.5. The van der Waals surface area contributed by atoms with E-state index in [0.29, 0.717) is 11.5 Å². The van der Waals surface area contributed by atoms with E-state index in [9.17, 15) is 26.7 Å². The Hall–Kier alpha value is -3.14. The summed E-state index contributed by atoms with van der Waals surface area (Å²) in [5.41, 5.74) is 0.823. The molecule has 1 aromatic carbocycles. The molecule has 15 heteroatoms. The van der Waals surface area contributed by atoms with Crippen molar-refractivity contribution in [2.24, 2.45) is 22.2 Å². The van der Waals surface area contributed by atoms with Gasteiger partial charge in [0.2, 0.25) is 10.0 Å². The minimum Gasteiger partial charge on any atom is -0.511 e. The second kappa shape index (κ2) is 10.00. The van der Waals surface area contributed by atoms with Gasteiger partial charge in [-0.25, -0.2) is 13.1 Å². The van der Waals surface area contributed by atoms with Crippen molar-refractivity contribution in [3.8, 4) is 11.5 Å². The quantitative estimate of drug-likeness (QED) is 0.402. The minimum atomic E-state index is -4.32. The van der Waals surface area contributed by atoms with Crippen LogP contribution in [0, 0.1) is 17.8 Å². The van der Waals surface area contributed by atoms with Gasteiger partial charge in [-0.05, 0) is 48.6 Å². The Kier molecular flexibility index (Phi) is 6.83. The maximum Gasteiger partial charge on any atom is 0.287 e. The van der Waals surface area contributed by atoms with Crippen LogP contribution in [0.5, 0.6) is 11.5 Å². The van der Waals surface area contributed by atoms with E-state index in [-0.39, 0.29) is 69.5 Å². The maximum atomic E-state index is 14.2. The number of anilines is 1. The highest BCUT2D eigenvalue weighted by Crippen LogP contribution is 2.55. The topological polar surface area (TPSA) is 164 Å². The number of methoxy groups -OCH3 is 2. The van der Waals surface area contributed by atoms with Crippen LogP contribution in [0.2, 0.25) is 0 Å². The summed E-state index contributed by atoms with van der Waals surface area (Å²) in [6, 6.07) is 5.12. The van der Waals surface area contributed by atoms with Crippen molar-refractivity contribution >= 4 is 48.1 Å². The molecule has 41 heavy (non-hydrogen) atoms. The third kappa shape index (κ3) is 4.77. The van der Waals surface area contributed by atoms with E-state index in [2.05, 4.69) is 14.4 Å². The zero-order chi connectivity index (χ0) is 29.3. The van der Waals surface area contributed by atoms with E-state index in [1.807, 2.05) is 6.07 Å². The molecule has 3 heterocycles. The van der Waals surface area contributed by atoms with Gasteiger partial charge in [-0.2, -0.15) is 8.42 Å².